The van der Waals surface area contributed by atoms with Gasteiger partial charge in [0.15, 0.2) is 5.11 Å². The van der Waals surface area contributed by atoms with Crippen LogP contribution >= 0.6 is 35.6 Å². The summed E-state index contributed by atoms with van der Waals surface area (Å²) in [5, 5.41) is 7.95. The van der Waals surface area contributed by atoms with E-state index in [1.54, 1.807) is 0 Å². The van der Waals surface area contributed by atoms with E-state index in [2.05, 4.69) is 48.7 Å². The second kappa shape index (κ2) is 9.16. The van der Waals surface area contributed by atoms with Crippen LogP contribution in [-0.2, 0) is 5.75 Å². The van der Waals surface area contributed by atoms with Crippen molar-refractivity contribution in [3.63, 3.8) is 0 Å². The molecule has 0 aromatic heterocycles. The molecular formula is C18H21ClN2S2. The molecule has 0 amide bonds. The third-order valence-electron chi connectivity index (χ3n) is 3.32. The molecule has 2 nitrogen and oxygen atoms in total. The Morgan fingerprint density at radius 1 is 1.17 bits per heavy atom. The fourth-order valence-corrected chi connectivity index (χ4v) is 3.40. The number of nitrogens with one attached hydrogen (secondary N) is 2. The van der Waals surface area contributed by atoms with Crippen LogP contribution in [0.2, 0.25) is 5.02 Å². The summed E-state index contributed by atoms with van der Waals surface area (Å²) in [6, 6.07) is 14.3. The fourth-order valence-electron chi connectivity index (χ4n) is 2.17. The van der Waals surface area contributed by atoms with Crippen molar-refractivity contribution in [1.29, 1.82) is 0 Å². The van der Waals surface area contributed by atoms with E-state index < -0.39 is 0 Å². The van der Waals surface area contributed by atoms with Gasteiger partial charge in [0.25, 0.3) is 0 Å². The zero-order valence-electron chi connectivity index (χ0n) is 13.4. The van der Waals surface area contributed by atoms with Gasteiger partial charge in [0.2, 0.25) is 0 Å². The Kier molecular flexibility index (Phi) is 7.21. The molecule has 5 heteroatoms. The number of benzene rings is 2. The van der Waals surface area contributed by atoms with Crippen molar-refractivity contribution >= 4 is 46.4 Å². The van der Waals surface area contributed by atoms with Gasteiger partial charge in [-0.05, 0) is 55.4 Å². The molecule has 0 fully saturated rings. The van der Waals surface area contributed by atoms with Gasteiger partial charge in [0, 0.05) is 28.8 Å². The maximum Gasteiger partial charge on any atom is 0.170 e. The van der Waals surface area contributed by atoms with Crippen LogP contribution in [0.3, 0.4) is 0 Å². The molecule has 0 bridgehead atoms. The van der Waals surface area contributed by atoms with Crippen molar-refractivity contribution in [2.24, 2.45) is 0 Å². The molecule has 2 aromatic rings. The van der Waals surface area contributed by atoms with E-state index in [4.69, 9.17) is 23.8 Å². The summed E-state index contributed by atoms with van der Waals surface area (Å²) in [4.78, 5) is 0. The summed E-state index contributed by atoms with van der Waals surface area (Å²) < 4.78 is 0. The van der Waals surface area contributed by atoms with Crippen molar-refractivity contribution in [2.45, 2.75) is 19.6 Å². The molecule has 2 N–H and O–H groups in total. The van der Waals surface area contributed by atoms with Crippen molar-refractivity contribution in [3.8, 4) is 0 Å². The number of aryl methyl sites for hydroxylation is 2. The molecule has 0 spiro atoms. The van der Waals surface area contributed by atoms with Crippen molar-refractivity contribution in [1.82, 2.24) is 5.32 Å². The van der Waals surface area contributed by atoms with E-state index in [-0.39, 0.29) is 0 Å². The highest BCUT2D eigenvalue weighted by molar-refractivity contribution is 7.98. The van der Waals surface area contributed by atoms with Gasteiger partial charge in [-0.15, -0.1) is 0 Å². The molecular weight excluding hydrogens is 344 g/mol. The monoisotopic (exact) mass is 364 g/mol. The predicted octanol–water partition coefficient (Wildman–Crippen LogP) is 5.18. The first-order chi connectivity index (χ1) is 11.0. The zero-order chi connectivity index (χ0) is 16.7. The molecule has 0 aliphatic rings. The zero-order valence-corrected chi connectivity index (χ0v) is 15.7. The van der Waals surface area contributed by atoms with E-state index >= 15 is 0 Å². The predicted molar refractivity (Wildman–Crippen MR) is 108 cm³/mol. The lowest BCUT2D eigenvalue weighted by molar-refractivity contribution is 0.989. The topological polar surface area (TPSA) is 24.1 Å². The second-order valence-corrected chi connectivity index (χ2v) is 7.33. The van der Waals surface area contributed by atoms with E-state index in [1.807, 2.05) is 30.0 Å². The summed E-state index contributed by atoms with van der Waals surface area (Å²) >= 11 is 13.2. The van der Waals surface area contributed by atoms with Gasteiger partial charge in [-0.25, -0.2) is 0 Å². The van der Waals surface area contributed by atoms with Crippen LogP contribution in [0.1, 0.15) is 16.7 Å². The molecule has 0 atom stereocenters. The Labute approximate surface area is 153 Å². The molecule has 0 saturated heterocycles. The average Bonchev–Trinajstić information content (AvgIpc) is 2.50. The molecule has 2 rings (SSSR count). The van der Waals surface area contributed by atoms with E-state index in [0.29, 0.717) is 5.11 Å². The SMILES string of the molecule is Cc1ccc(NC(=S)NCCSCc2cccc(Cl)c2)c(C)c1. The lowest BCUT2D eigenvalue weighted by Gasteiger charge is -2.13. The van der Waals surface area contributed by atoms with Crippen molar-refractivity contribution < 1.29 is 0 Å². The van der Waals surface area contributed by atoms with Gasteiger partial charge in [0.1, 0.15) is 0 Å². The van der Waals surface area contributed by atoms with Crippen LogP contribution in [0.15, 0.2) is 42.5 Å². The summed E-state index contributed by atoms with van der Waals surface area (Å²) in [5.41, 5.74) is 4.76. The first kappa shape index (κ1) is 18.1. The molecule has 0 unspecified atom stereocenters. The molecule has 0 radical (unpaired) electrons. The maximum atomic E-state index is 5.98. The van der Waals surface area contributed by atoms with Gasteiger partial charge in [0.05, 0.1) is 0 Å². The fraction of sp³-hybridized carbons (Fsp3) is 0.278. The average molecular weight is 365 g/mol. The standard InChI is InChI=1S/C18H21ClN2S2/c1-13-6-7-17(14(2)10-13)21-18(22)20-8-9-23-12-15-4-3-5-16(19)11-15/h3-7,10-11H,8-9,12H2,1-2H3,(H2,20,21,22). The van der Waals surface area contributed by atoms with Crippen molar-refractivity contribution in [3.05, 3.63) is 64.2 Å². The van der Waals surface area contributed by atoms with E-state index in [0.717, 1.165) is 28.8 Å². The number of halogens is 1. The Hall–Kier alpha value is -1.23. The van der Waals surface area contributed by atoms with Crippen LogP contribution in [0.5, 0.6) is 0 Å². The molecule has 23 heavy (non-hydrogen) atoms. The molecule has 0 saturated carbocycles. The highest BCUT2D eigenvalue weighted by Gasteiger charge is 2.01. The van der Waals surface area contributed by atoms with Crippen LogP contribution < -0.4 is 10.6 Å². The second-order valence-electron chi connectivity index (χ2n) is 5.38. The van der Waals surface area contributed by atoms with Gasteiger partial charge in [-0.1, -0.05) is 41.4 Å². The Morgan fingerprint density at radius 2 is 2.00 bits per heavy atom. The van der Waals surface area contributed by atoms with Gasteiger partial charge in [-0.3, -0.25) is 0 Å². The maximum absolute atomic E-state index is 5.98. The van der Waals surface area contributed by atoms with Crippen LogP contribution in [0.4, 0.5) is 5.69 Å². The molecule has 2 aromatic carbocycles. The first-order valence-corrected chi connectivity index (χ1v) is 9.43. The highest BCUT2D eigenvalue weighted by Crippen LogP contribution is 2.17. The minimum atomic E-state index is 0.667. The first-order valence-electron chi connectivity index (χ1n) is 7.49. The molecule has 0 heterocycles. The Bertz CT molecular complexity index is 674. The minimum absolute atomic E-state index is 0.667. The smallest absolute Gasteiger partial charge is 0.170 e. The summed E-state index contributed by atoms with van der Waals surface area (Å²) in [6.07, 6.45) is 0. The molecule has 122 valence electrons. The Morgan fingerprint density at radius 3 is 2.74 bits per heavy atom. The quantitative estimate of drug-likeness (QED) is 0.545. The van der Waals surface area contributed by atoms with Crippen molar-refractivity contribution in [2.75, 3.05) is 17.6 Å². The number of hydrogen-bond acceptors (Lipinski definition) is 2. The third-order valence-corrected chi connectivity index (χ3v) is 4.83. The Balaban J connectivity index is 1.67. The number of anilines is 1. The van der Waals surface area contributed by atoms with Crippen LogP contribution in [0.25, 0.3) is 0 Å². The lowest BCUT2D eigenvalue weighted by Crippen LogP contribution is -2.30. The summed E-state index contributed by atoms with van der Waals surface area (Å²) in [7, 11) is 0. The highest BCUT2D eigenvalue weighted by atomic mass is 35.5. The number of thioether (sulfide) groups is 1. The number of thiocarbonyl (C=S) groups is 1. The van der Waals surface area contributed by atoms with Gasteiger partial charge in [-0.2, -0.15) is 11.8 Å². The lowest BCUT2D eigenvalue weighted by atomic mass is 10.1. The largest absolute Gasteiger partial charge is 0.362 e. The molecule has 0 aliphatic carbocycles. The van der Waals surface area contributed by atoms with Crippen LogP contribution in [-0.4, -0.2) is 17.4 Å². The molecule has 0 aliphatic heterocycles. The van der Waals surface area contributed by atoms with Crippen LogP contribution in [0, 0.1) is 13.8 Å². The summed E-state index contributed by atoms with van der Waals surface area (Å²) in [5.74, 6) is 1.95. The summed E-state index contributed by atoms with van der Waals surface area (Å²) in [6.45, 7) is 5.01. The number of hydrogen-bond donors (Lipinski definition) is 2. The van der Waals surface area contributed by atoms with E-state index in [9.17, 15) is 0 Å². The number of rotatable bonds is 6. The normalized spacial score (nSPS) is 10.4. The van der Waals surface area contributed by atoms with E-state index in [1.165, 1.54) is 16.7 Å². The minimum Gasteiger partial charge on any atom is -0.362 e. The van der Waals surface area contributed by atoms with Gasteiger partial charge < -0.3 is 10.6 Å². The third kappa shape index (κ3) is 6.42. The van der Waals surface area contributed by atoms with Gasteiger partial charge >= 0.3 is 0 Å².